The van der Waals surface area contributed by atoms with Gasteiger partial charge in [-0.1, -0.05) is 18.2 Å². The van der Waals surface area contributed by atoms with Gasteiger partial charge in [-0.05, 0) is 51.3 Å². The van der Waals surface area contributed by atoms with Gasteiger partial charge in [0.2, 0.25) is 0 Å². The monoisotopic (exact) mass is 323 g/mol. The highest BCUT2D eigenvalue weighted by Crippen LogP contribution is 2.18. The molecule has 1 aliphatic rings. The Bertz CT molecular complexity index is 436. The van der Waals surface area contributed by atoms with Crippen molar-refractivity contribution in [3.8, 4) is 0 Å². The zero-order chi connectivity index (χ0) is 15.1. The second kappa shape index (κ2) is 8.61. The van der Waals surface area contributed by atoms with Crippen molar-refractivity contribution in [1.29, 1.82) is 0 Å². The van der Waals surface area contributed by atoms with Gasteiger partial charge in [-0.3, -0.25) is 0 Å². The molecule has 1 unspecified atom stereocenters. The highest BCUT2D eigenvalue weighted by molar-refractivity contribution is 7.99. The third-order valence-electron chi connectivity index (χ3n) is 3.60. The summed E-state index contributed by atoms with van der Waals surface area (Å²) in [4.78, 5) is 5.93. The molecule has 1 heterocycles. The smallest absolute Gasteiger partial charge is 0.169 e. The van der Waals surface area contributed by atoms with Gasteiger partial charge in [0, 0.05) is 36.3 Å². The number of thiocarbonyl (C=S) groups is 1. The van der Waals surface area contributed by atoms with Gasteiger partial charge in [-0.25, -0.2) is 0 Å². The van der Waals surface area contributed by atoms with E-state index in [1.165, 1.54) is 17.7 Å². The van der Waals surface area contributed by atoms with E-state index in [2.05, 4.69) is 59.5 Å². The van der Waals surface area contributed by atoms with Gasteiger partial charge >= 0.3 is 0 Å². The molecule has 1 N–H and O–H groups in total. The fourth-order valence-electron chi connectivity index (χ4n) is 2.66. The summed E-state index contributed by atoms with van der Waals surface area (Å²) in [6, 6.07) is 11.1. The van der Waals surface area contributed by atoms with Crippen LogP contribution in [0.25, 0.3) is 0 Å². The lowest BCUT2D eigenvalue weighted by Crippen LogP contribution is -2.46. The summed E-state index contributed by atoms with van der Waals surface area (Å²) >= 11 is 7.43. The van der Waals surface area contributed by atoms with E-state index in [0.29, 0.717) is 6.04 Å². The van der Waals surface area contributed by atoms with Gasteiger partial charge in [-0.2, -0.15) is 0 Å². The van der Waals surface area contributed by atoms with E-state index >= 15 is 0 Å². The summed E-state index contributed by atoms with van der Waals surface area (Å²) in [5.41, 5.74) is 0. The molecule has 1 aromatic rings. The van der Waals surface area contributed by atoms with Gasteiger partial charge in [0.15, 0.2) is 5.11 Å². The van der Waals surface area contributed by atoms with Crippen molar-refractivity contribution in [3.63, 3.8) is 0 Å². The first-order valence-electron chi connectivity index (χ1n) is 7.54. The predicted octanol–water partition coefficient (Wildman–Crippen LogP) is 2.68. The molecule has 0 spiro atoms. The quantitative estimate of drug-likeness (QED) is 0.491. The Balaban J connectivity index is 1.69. The van der Waals surface area contributed by atoms with Crippen LogP contribution < -0.4 is 5.32 Å². The maximum absolute atomic E-state index is 5.56. The van der Waals surface area contributed by atoms with Crippen molar-refractivity contribution in [2.45, 2.75) is 23.8 Å². The van der Waals surface area contributed by atoms with Crippen molar-refractivity contribution in [1.82, 2.24) is 15.1 Å². The molecule has 116 valence electrons. The second-order valence-electron chi connectivity index (χ2n) is 5.65. The van der Waals surface area contributed by atoms with Crippen LogP contribution >= 0.6 is 24.0 Å². The predicted molar refractivity (Wildman–Crippen MR) is 96.0 cm³/mol. The van der Waals surface area contributed by atoms with Gasteiger partial charge in [0.25, 0.3) is 0 Å². The molecular weight excluding hydrogens is 298 g/mol. The molecule has 2 rings (SSSR count). The lowest BCUT2D eigenvalue weighted by atomic mass is 10.2. The first-order chi connectivity index (χ1) is 10.2. The Kier molecular flexibility index (Phi) is 6.80. The van der Waals surface area contributed by atoms with E-state index < -0.39 is 0 Å². The lowest BCUT2D eigenvalue weighted by molar-refractivity contribution is 0.284. The van der Waals surface area contributed by atoms with Crippen LogP contribution in [0.5, 0.6) is 0 Å². The van der Waals surface area contributed by atoms with Crippen molar-refractivity contribution >= 4 is 29.1 Å². The maximum atomic E-state index is 5.56. The van der Waals surface area contributed by atoms with Crippen molar-refractivity contribution in [2.75, 3.05) is 39.5 Å². The van der Waals surface area contributed by atoms with E-state index in [-0.39, 0.29) is 0 Å². The molecule has 1 atom stereocenters. The molecule has 0 radical (unpaired) electrons. The Hall–Kier alpha value is -0.780. The summed E-state index contributed by atoms with van der Waals surface area (Å²) in [6.07, 6.45) is 2.50. The van der Waals surface area contributed by atoms with E-state index in [9.17, 15) is 0 Å². The molecule has 0 aliphatic carbocycles. The fraction of sp³-hybridized carbons (Fsp3) is 0.562. The lowest BCUT2D eigenvalue weighted by Gasteiger charge is -2.29. The summed E-state index contributed by atoms with van der Waals surface area (Å²) < 4.78 is 0. The third kappa shape index (κ3) is 5.49. The number of likely N-dealkylation sites (N-methyl/N-ethyl adjacent to an activating group) is 1. The normalized spacial score (nSPS) is 18.2. The van der Waals surface area contributed by atoms with Crippen LogP contribution in [-0.4, -0.2) is 60.4 Å². The highest BCUT2D eigenvalue weighted by atomic mass is 32.2. The van der Waals surface area contributed by atoms with Crippen LogP contribution in [0.1, 0.15) is 12.8 Å². The topological polar surface area (TPSA) is 18.5 Å². The van der Waals surface area contributed by atoms with E-state index in [0.717, 1.165) is 30.5 Å². The van der Waals surface area contributed by atoms with Crippen LogP contribution in [-0.2, 0) is 0 Å². The van der Waals surface area contributed by atoms with Crippen LogP contribution in [0.15, 0.2) is 35.2 Å². The number of hydrogen-bond acceptors (Lipinski definition) is 3. The zero-order valence-electron chi connectivity index (χ0n) is 12.9. The average molecular weight is 324 g/mol. The minimum Gasteiger partial charge on any atom is -0.362 e. The van der Waals surface area contributed by atoms with Crippen LogP contribution in [0.2, 0.25) is 0 Å². The molecule has 1 aromatic carbocycles. The molecule has 0 amide bonds. The second-order valence-corrected chi connectivity index (χ2v) is 7.20. The number of rotatable bonds is 6. The van der Waals surface area contributed by atoms with Crippen molar-refractivity contribution in [2.24, 2.45) is 0 Å². The minimum atomic E-state index is 0.571. The highest BCUT2D eigenvalue weighted by Gasteiger charge is 2.26. The Morgan fingerprint density at radius 1 is 1.38 bits per heavy atom. The minimum absolute atomic E-state index is 0.571. The van der Waals surface area contributed by atoms with E-state index in [4.69, 9.17) is 12.2 Å². The third-order valence-corrected chi connectivity index (χ3v) is 5.00. The molecule has 1 saturated heterocycles. The van der Waals surface area contributed by atoms with Gasteiger partial charge in [-0.15, -0.1) is 11.8 Å². The Morgan fingerprint density at radius 3 is 2.86 bits per heavy atom. The number of likely N-dealkylation sites (tertiary alicyclic amines) is 1. The van der Waals surface area contributed by atoms with Gasteiger partial charge in [0.05, 0.1) is 0 Å². The number of benzene rings is 1. The summed E-state index contributed by atoms with van der Waals surface area (Å²) in [6.45, 7) is 3.10. The summed E-state index contributed by atoms with van der Waals surface area (Å²) in [5, 5.41) is 4.34. The largest absolute Gasteiger partial charge is 0.362 e. The Labute approximate surface area is 138 Å². The molecular formula is C16H25N3S2. The van der Waals surface area contributed by atoms with Crippen LogP contribution in [0.4, 0.5) is 0 Å². The van der Waals surface area contributed by atoms with Crippen molar-refractivity contribution in [3.05, 3.63) is 30.3 Å². The molecule has 1 fully saturated rings. The molecule has 1 aliphatic heterocycles. The molecule has 21 heavy (non-hydrogen) atoms. The number of nitrogens with zero attached hydrogens (tertiary/aromatic N) is 2. The molecule has 0 bridgehead atoms. The fourth-order valence-corrected chi connectivity index (χ4v) is 3.79. The van der Waals surface area contributed by atoms with E-state index in [1.54, 1.807) is 0 Å². The number of nitrogens with one attached hydrogen (secondary N) is 1. The standard InChI is InChI=1S/C16H25N3S2/c1-18(2)13-14-7-6-11-19(14)16(20)17-10-12-21-15-8-4-3-5-9-15/h3-5,8-9,14H,6-7,10-13H2,1-2H3,(H,17,20). The van der Waals surface area contributed by atoms with Crippen LogP contribution in [0, 0.1) is 0 Å². The van der Waals surface area contributed by atoms with E-state index in [1.807, 2.05) is 11.8 Å². The molecule has 0 saturated carbocycles. The maximum Gasteiger partial charge on any atom is 0.169 e. The summed E-state index contributed by atoms with van der Waals surface area (Å²) in [7, 11) is 4.26. The van der Waals surface area contributed by atoms with Crippen LogP contribution in [0.3, 0.4) is 0 Å². The number of thioether (sulfide) groups is 1. The Morgan fingerprint density at radius 2 is 2.14 bits per heavy atom. The molecule has 0 aromatic heterocycles. The van der Waals surface area contributed by atoms with Gasteiger partial charge < -0.3 is 15.1 Å². The number of hydrogen-bond donors (Lipinski definition) is 1. The SMILES string of the molecule is CN(C)CC1CCCN1C(=S)NCCSc1ccccc1. The summed E-state index contributed by atoms with van der Waals surface area (Å²) in [5.74, 6) is 1.04. The average Bonchev–Trinajstić information content (AvgIpc) is 2.92. The van der Waals surface area contributed by atoms with Crippen molar-refractivity contribution < 1.29 is 0 Å². The molecule has 5 heteroatoms. The first kappa shape index (κ1) is 16.6. The first-order valence-corrected chi connectivity index (χ1v) is 8.93. The molecule has 3 nitrogen and oxygen atoms in total. The zero-order valence-corrected chi connectivity index (χ0v) is 14.6. The van der Waals surface area contributed by atoms with Gasteiger partial charge in [0.1, 0.15) is 0 Å².